The molecule has 0 unspecified atom stereocenters. The molecule has 4 heteroatoms. The lowest BCUT2D eigenvalue weighted by atomic mass is 10.3. The molecule has 0 amide bonds. The number of aromatic nitrogens is 1. The van der Waals surface area contributed by atoms with Crippen LogP contribution >= 0.6 is 0 Å². The molecule has 0 radical (unpaired) electrons. The molecule has 1 fully saturated rings. The van der Waals surface area contributed by atoms with E-state index in [4.69, 9.17) is 9.47 Å². The van der Waals surface area contributed by atoms with Crippen LogP contribution < -0.4 is 9.47 Å². The van der Waals surface area contributed by atoms with Gasteiger partial charge in [-0.1, -0.05) is 0 Å². The second-order valence-corrected chi connectivity index (χ2v) is 4.68. The molecule has 0 atom stereocenters. The highest BCUT2D eigenvalue weighted by molar-refractivity contribution is 5.77. The van der Waals surface area contributed by atoms with Crippen molar-refractivity contribution in [2.75, 3.05) is 0 Å². The van der Waals surface area contributed by atoms with Gasteiger partial charge in [-0.3, -0.25) is 4.79 Å². The average molecular weight is 235 g/mol. The van der Waals surface area contributed by atoms with E-state index < -0.39 is 0 Å². The van der Waals surface area contributed by atoms with Gasteiger partial charge < -0.3 is 9.47 Å². The zero-order chi connectivity index (χ0) is 12.4. The van der Waals surface area contributed by atoms with Gasteiger partial charge in [-0.15, -0.1) is 0 Å². The molecule has 0 aliphatic heterocycles. The minimum atomic E-state index is -0.175. The third-order valence-electron chi connectivity index (χ3n) is 2.42. The minimum absolute atomic E-state index is 0.00332. The van der Waals surface area contributed by atoms with Crippen LogP contribution in [0.3, 0.4) is 0 Å². The first-order chi connectivity index (χ1) is 8.06. The number of hydrogen-bond acceptors (Lipinski definition) is 4. The second kappa shape index (κ2) is 4.73. The third kappa shape index (κ3) is 3.19. The van der Waals surface area contributed by atoms with Crippen molar-refractivity contribution in [3.05, 3.63) is 17.8 Å². The maximum atomic E-state index is 11.6. The summed E-state index contributed by atoms with van der Waals surface area (Å²) in [7, 11) is 0. The number of aryl methyl sites for hydroxylation is 1. The van der Waals surface area contributed by atoms with Crippen molar-refractivity contribution in [3.63, 3.8) is 0 Å². The highest BCUT2D eigenvalue weighted by Gasteiger charge is 2.32. The number of pyridine rings is 1. The molecular weight excluding hydrogens is 218 g/mol. The van der Waals surface area contributed by atoms with Crippen LogP contribution in [0.4, 0.5) is 0 Å². The number of carbonyl (C=O) groups is 1. The molecule has 1 heterocycles. The molecule has 1 saturated carbocycles. The van der Waals surface area contributed by atoms with Crippen LogP contribution in [0.5, 0.6) is 11.6 Å². The molecule has 4 nitrogen and oxygen atoms in total. The summed E-state index contributed by atoms with van der Waals surface area (Å²) in [6, 6.07) is 1.78. The fourth-order valence-corrected chi connectivity index (χ4v) is 1.43. The Morgan fingerprint density at radius 2 is 2.18 bits per heavy atom. The molecule has 2 rings (SSSR count). The summed E-state index contributed by atoms with van der Waals surface area (Å²) in [5.74, 6) is 0.712. The lowest BCUT2D eigenvalue weighted by molar-refractivity contribution is -0.135. The number of nitrogens with zero attached hydrogens (tertiary/aromatic N) is 1. The van der Waals surface area contributed by atoms with Crippen molar-refractivity contribution in [3.8, 4) is 11.6 Å². The molecule has 1 aromatic heterocycles. The Kier molecular flexibility index (Phi) is 3.31. The van der Waals surface area contributed by atoms with E-state index in [0.29, 0.717) is 11.6 Å². The topological polar surface area (TPSA) is 48.4 Å². The molecule has 0 spiro atoms. The van der Waals surface area contributed by atoms with E-state index in [1.54, 1.807) is 12.3 Å². The maximum absolute atomic E-state index is 11.6. The van der Waals surface area contributed by atoms with E-state index in [-0.39, 0.29) is 18.0 Å². The van der Waals surface area contributed by atoms with Crippen molar-refractivity contribution in [2.24, 2.45) is 5.92 Å². The summed E-state index contributed by atoms with van der Waals surface area (Å²) >= 11 is 0. The Bertz CT molecular complexity index is 425. The average Bonchev–Trinajstić information content (AvgIpc) is 3.05. The van der Waals surface area contributed by atoms with Crippen LogP contribution in [0, 0.1) is 12.8 Å². The van der Waals surface area contributed by atoms with Crippen molar-refractivity contribution in [1.29, 1.82) is 0 Å². The lowest BCUT2D eigenvalue weighted by Gasteiger charge is -2.13. The molecule has 1 aliphatic rings. The molecule has 0 aromatic carbocycles. The first-order valence-corrected chi connectivity index (χ1v) is 5.91. The number of hydrogen-bond donors (Lipinski definition) is 0. The van der Waals surface area contributed by atoms with E-state index in [2.05, 4.69) is 4.98 Å². The van der Waals surface area contributed by atoms with Crippen LogP contribution in [0.15, 0.2) is 12.3 Å². The molecule has 1 aliphatic carbocycles. The van der Waals surface area contributed by atoms with E-state index >= 15 is 0 Å². The lowest BCUT2D eigenvalue weighted by Crippen LogP contribution is -2.13. The van der Waals surface area contributed by atoms with Gasteiger partial charge in [-0.05, 0) is 45.2 Å². The molecule has 0 N–H and O–H groups in total. The highest BCUT2D eigenvalue weighted by atomic mass is 16.6. The number of ether oxygens (including phenoxy) is 2. The van der Waals surface area contributed by atoms with Gasteiger partial charge in [0.25, 0.3) is 5.88 Å². The fourth-order valence-electron chi connectivity index (χ4n) is 1.43. The normalized spacial score (nSPS) is 14.8. The third-order valence-corrected chi connectivity index (χ3v) is 2.42. The van der Waals surface area contributed by atoms with Gasteiger partial charge in [0.1, 0.15) is 0 Å². The van der Waals surface area contributed by atoms with Gasteiger partial charge in [0.05, 0.1) is 12.0 Å². The fraction of sp³-hybridized carbons (Fsp3) is 0.538. The van der Waals surface area contributed by atoms with Gasteiger partial charge in [-0.25, -0.2) is 4.98 Å². The van der Waals surface area contributed by atoms with Crippen LogP contribution in [0.2, 0.25) is 0 Å². The van der Waals surface area contributed by atoms with Crippen molar-refractivity contribution in [2.45, 2.75) is 39.7 Å². The van der Waals surface area contributed by atoms with Gasteiger partial charge >= 0.3 is 5.97 Å². The number of rotatable bonds is 4. The SMILES string of the molecule is Cc1cnc(OC(C)C)c(OC(=O)C2CC2)c1. The summed E-state index contributed by atoms with van der Waals surface area (Å²) in [5.41, 5.74) is 0.944. The van der Waals surface area contributed by atoms with Crippen LogP contribution in [0.25, 0.3) is 0 Å². The van der Waals surface area contributed by atoms with Gasteiger partial charge in [0.2, 0.25) is 0 Å². The monoisotopic (exact) mass is 235 g/mol. The smallest absolute Gasteiger partial charge is 0.314 e. The maximum Gasteiger partial charge on any atom is 0.314 e. The Balaban J connectivity index is 2.16. The number of esters is 1. The van der Waals surface area contributed by atoms with Gasteiger partial charge in [-0.2, -0.15) is 0 Å². The quantitative estimate of drug-likeness (QED) is 0.752. The summed E-state index contributed by atoms with van der Waals surface area (Å²) in [4.78, 5) is 15.8. The first kappa shape index (κ1) is 11.9. The molecule has 17 heavy (non-hydrogen) atoms. The predicted molar refractivity (Wildman–Crippen MR) is 63.1 cm³/mol. The molecule has 0 bridgehead atoms. The van der Waals surface area contributed by atoms with Crippen molar-refractivity contribution < 1.29 is 14.3 Å². The first-order valence-electron chi connectivity index (χ1n) is 5.91. The van der Waals surface area contributed by atoms with E-state index in [9.17, 15) is 4.79 Å². The highest BCUT2D eigenvalue weighted by Crippen LogP contribution is 2.33. The standard InChI is InChI=1S/C13H17NO3/c1-8(2)16-12-11(6-9(3)7-14-12)17-13(15)10-4-5-10/h6-8,10H,4-5H2,1-3H3. The second-order valence-electron chi connectivity index (χ2n) is 4.68. The minimum Gasteiger partial charge on any atom is -0.472 e. The molecule has 1 aromatic rings. The summed E-state index contributed by atoms with van der Waals surface area (Å²) < 4.78 is 10.8. The largest absolute Gasteiger partial charge is 0.472 e. The van der Waals surface area contributed by atoms with E-state index in [1.165, 1.54) is 0 Å². The summed E-state index contributed by atoms with van der Waals surface area (Å²) in [6.45, 7) is 5.72. The Morgan fingerprint density at radius 3 is 2.76 bits per heavy atom. The molecule has 92 valence electrons. The zero-order valence-electron chi connectivity index (χ0n) is 10.4. The van der Waals surface area contributed by atoms with E-state index in [1.807, 2.05) is 20.8 Å². The van der Waals surface area contributed by atoms with Gasteiger partial charge in [0.15, 0.2) is 5.75 Å². The van der Waals surface area contributed by atoms with E-state index in [0.717, 1.165) is 18.4 Å². The molecule has 0 saturated heterocycles. The zero-order valence-corrected chi connectivity index (χ0v) is 10.4. The van der Waals surface area contributed by atoms with Crippen molar-refractivity contribution >= 4 is 5.97 Å². The Hall–Kier alpha value is -1.58. The summed E-state index contributed by atoms with van der Waals surface area (Å²) in [6.07, 6.45) is 3.56. The van der Waals surface area contributed by atoms with Crippen LogP contribution in [-0.2, 0) is 4.79 Å². The Labute approximate surface area is 101 Å². The van der Waals surface area contributed by atoms with Crippen LogP contribution in [-0.4, -0.2) is 17.1 Å². The summed E-state index contributed by atoms with van der Waals surface area (Å²) in [5, 5.41) is 0. The molecular formula is C13H17NO3. The number of carbonyl (C=O) groups excluding carboxylic acids is 1. The van der Waals surface area contributed by atoms with Gasteiger partial charge in [0, 0.05) is 6.20 Å². The van der Waals surface area contributed by atoms with Crippen LogP contribution in [0.1, 0.15) is 32.3 Å². The Morgan fingerprint density at radius 1 is 1.47 bits per heavy atom. The predicted octanol–water partition coefficient (Wildman–Crippen LogP) is 2.49. The van der Waals surface area contributed by atoms with Crippen molar-refractivity contribution in [1.82, 2.24) is 4.98 Å².